The number of nitrogens with zero attached hydrogens (tertiary/aromatic N) is 3. The van der Waals surface area contributed by atoms with Crippen molar-refractivity contribution in [3.8, 4) is 0 Å². The average Bonchev–Trinajstić information content (AvgIpc) is 2.67. The van der Waals surface area contributed by atoms with E-state index in [4.69, 9.17) is 14.9 Å². The van der Waals surface area contributed by atoms with Gasteiger partial charge < -0.3 is 19.8 Å². The Bertz CT molecular complexity index is 630. The molecule has 142 valence electrons. The number of pyridine rings is 1. The number of carbonyl (C=O) groups is 2. The lowest BCUT2D eigenvalue weighted by atomic mass is 9.86. The minimum atomic E-state index is -0.991. The van der Waals surface area contributed by atoms with E-state index in [1.807, 2.05) is 0 Å². The van der Waals surface area contributed by atoms with Gasteiger partial charge in [-0.25, -0.2) is 9.78 Å². The van der Waals surface area contributed by atoms with Crippen molar-refractivity contribution in [1.29, 1.82) is 0 Å². The predicted molar refractivity (Wildman–Crippen MR) is 94.6 cm³/mol. The maximum absolute atomic E-state index is 11.1. The molecule has 2 aliphatic rings. The molecule has 0 spiro atoms. The highest BCUT2D eigenvalue weighted by Gasteiger charge is 2.34. The fraction of sp³-hybridized carbons (Fsp3) is 0.611. The minimum absolute atomic E-state index is 0.157. The van der Waals surface area contributed by atoms with E-state index in [1.54, 1.807) is 12.1 Å². The first-order chi connectivity index (χ1) is 12.5. The summed E-state index contributed by atoms with van der Waals surface area (Å²) in [6, 6.07) is 3.64. The number of carboxylic acids is 2. The molecule has 0 aliphatic carbocycles. The van der Waals surface area contributed by atoms with Crippen LogP contribution in [0.4, 0.5) is 5.82 Å². The van der Waals surface area contributed by atoms with Crippen LogP contribution in [0.3, 0.4) is 0 Å². The van der Waals surface area contributed by atoms with Crippen LogP contribution in [-0.4, -0.2) is 77.5 Å². The number of aromatic carboxylic acids is 1. The third-order valence-corrected chi connectivity index (χ3v) is 5.26. The van der Waals surface area contributed by atoms with Crippen molar-refractivity contribution in [1.82, 2.24) is 9.88 Å². The van der Waals surface area contributed by atoms with Crippen LogP contribution in [0, 0.1) is 5.92 Å². The molecule has 1 aromatic rings. The number of hydrogen-bond acceptors (Lipinski definition) is 6. The lowest BCUT2D eigenvalue weighted by Crippen LogP contribution is -2.54. The number of anilines is 1. The summed E-state index contributed by atoms with van der Waals surface area (Å²) in [5, 5.41) is 18.1. The minimum Gasteiger partial charge on any atom is -0.481 e. The highest BCUT2D eigenvalue weighted by molar-refractivity contribution is 5.87. The van der Waals surface area contributed by atoms with Crippen LogP contribution in [0.1, 0.15) is 29.6 Å². The monoisotopic (exact) mass is 363 g/mol. The van der Waals surface area contributed by atoms with Gasteiger partial charge in [-0.2, -0.15) is 0 Å². The largest absolute Gasteiger partial charge is 0.481 e. The van der Waals surface area contributed by atoms with Crippen LogP contribution in [0.2, 0.25) is 0 Å². The van der Waals surface area contributed by atoms with E-state index in [2.05, 4.69) is 14.8 Å². The first kappa shape index (κ1) is 18.6. The Morgan fingerprint density at radius 1 is 1.19 bits per heavy atom. The molecule has 3 rings (SSSR count). The third-order valence-electron chi connectivity index (χ3n) is 5.26. The van der Waals surface area contributed by atoms with Crippen molar-refractivity contribution in [2.24, 2.45) is 5.92 Å². The number of ether oxygens (including phenoxy) is 1. The molecule has 0 saturated carbocycles. The van der Waals surface area contributed by atoms with Gasteiger partial charge in [-0.15, -0.1) is 0 Å². The Morgan fingerprint density at radius 2 is 1.96 bits per heavy atom. The second-order valence-corrected chi connectivity index (χ2v) is 6.85. The second-order valence-electron chi connectivity index (χ2n) is 6.85. The number of aliphatic carboxylic acids is 1. The number of aromatic nitrogens is 1. The van der Waals surface area contributed by atoms with Crippen molar-refractivity contribution in [2.45, 2.75) is 25.3 Å². The van der Waals surface area contributed by atoms with Gasteiger partial charge in [-0.1, -0.05) is 0 Å². The summed E-state index contributed by atoms with van der Waals surface area (Å²) in [6.07, 6.45) is 3.09. The van der Waals surface area contributed by atoms with Gasteiger partial charge in [0.1, 0.15) is 5.82 Å². The normalized spacial score (nSPS) is 24.4. The van der Waals surface area contributed by atoms with Gasteiger partial charge in [0.05, 0.1) is 18.8 Å². The summed E-state index contributed by atoms with van der Waals surface area (Å²) in [7, 11) is 0. The second kappa shape index (κ2) is 8.46. The maximum atomic E-state index is 11.1. The number of rotatable bonds is 6. The van der Waals surface area contributed by atoms with E-state index in [0.717, 1.165) is 51.6 Å². The molecule has 8 heteroatoms. The molecule has 0 amide bonds. The summed E-state index contributed by atoms with van der Waals surface area (Å²) >= 11 is 0. The molecule has 8 nitrogen and oxygen atoms in total. The van der Waals surface area contributed by atoms with Gasteiger partial charge in [0.25, 0.3) is 0 Å². The van der Waals surface area contributed by atoms with Crippen molar-refractivity contribution in [3.63, 3.8) is 0 Å². The SMILES string of the molecule is O=C(O)CC[C@@H]1CN(c2ccc(C(=O)O)cn2)CC[C@@H]1N1CCOCC1. The Kier molecular flexibility index (Phi) is 6.05. The van der Waals surface area contributed by atoms with Gasteiger partial charge in [0.2, 0.25) is 0 Å². The number of carboxylic acid groups (broad SMARTS) is 2. The Labute approximate surface area is 152 Å². The smallest absolute Gasteiger partial charge is 0.337 e. The first-order valence-electron chi connectivity index (χ1n) is 9.02. The molecule has 3 heterocycles. The van der Waals surface area contributed by atoms with Crippen molar-refractivity contribution >= 4 is 17.8 Å². The molecule has 0 bridgehead atoms. The van der Waals surface area contributed by atoms with Gasteiger partial charge >= 0.3 is 11.9 Å². The van der Waals surface area contributed by atoms with Crippen molar-refractivity contribution in [3.05, 3.63) is 23.9 Å². The zero-order valence-corrected chi connectivity index (χ0v) is 14.7. The Morgan fingerprint density at radius 3 is 2.58 bits per heavy atom. The van der Waals surface area contributed by atoms with Crippen LogP contribution in [-0.2, 0) is 9.53 Å². The zero-order valence-electron chi connectivity index (χ0n) is 14.7. The summed E-state index contributed by atoms with van der Waals surface area (Å²) in [6.45, 7) is 4.79. The molecular formula is C18H25N3O5. The first-order valence-corrected chi connectivity index (χ1v) is 9.02. The molecule has 2 saturated heterocycles. The summed E-state index contributed by atoms with van der Waals surface area (Å²) in [4.78, 5) is 30.9. The topological polar surface area (TPSA) is 103 Å². The Balaban J connectivity index is 1.70. The maximum Gasteiger partial charge on any atom is 0.337 e. The standard InChI is InChI=1S/C18H25N3O5/c22-17(23)4-2-14-12-21(16-3-1-13(11-19-16)18(24)25)6-5-15(14)20-7-9-26-10-8-20/h1,3,11,14-15H,2,4-10,12H2,(H,22,23)(H,24,25)/t14-,15+/m1/s1. The molecule has 26 heavy (non-hydrogen) atoms. The molecule has 0 unspecified atom stereocenters. The van der Waals surface area contributed by atoms with Crippen LogP contribution in [0.15, 0.2) is 18.3 Å². The van der Waals surface area contributed by atoms with E-state index in [9.17, 15) is 9.59 Å². The van der Waals surface area contributed by atoms with Gasteiger partial charge in [-0.05, 0) is 30.9 Å². The highest BCUT2D eigenvalue weighted by Crippen LogP contribution is 2.29. The molecule has 2 N–H and O–H groups in total. The van der Waals surface area contributed by atoms with Gasteiger partial charge in [0, 0.05) is 44.8 Å². The number of hydrogen-bond donors (Lipinski definition) is 2. The van der Waals surface area contributed by atoms with Gasteiger partial charge in [0.15, 0.2) is 0 Å². The van der Waals surface area contributed by atoms with Crippen LogP contribution < -0.4 is 4.90 Å². The van der Waals surface area contributed by atoms with Gasteiger partial charge in [-0.3, -0.25) is 9.69 Å². The number of morpholine rings is 1. The highest BCUT2D eigenvalue weighted by atomic mass is 16.5. The quantitative estimate of drug-likeness (QED) is 0.776. The number of piperidine rings is 1. The summed E-state index contributed by atoms with van der Waals surface area (Å²) in [5.74, 6) is -0.782. The summed E-state index contributed by atoms with van der Waals surface area (Å²) < 4.78 is 5.44. The van der Waals surface area contributed by atoms with E-state index in [1.165, 1.54) is 6.20 Å². The fourth-order valence-electron chi connectivity index (χ4n) is 3.91. The average molecular weight is 363 g/mol. The van der Waals surface area contributed by atoms with Crippen LogP contribution in [0.5, 0.6) is 0 Å². The summed E-state index contributed by atoms with van der Waals surface area (Å²) in [5.41, 5.74) is 0.166. The zero-order chi connectivity index (χ0) is 18.5. The molecule has 0 radical (unpaired) electrons. The predicted octanol–water partition coefficient (Wildman–Crippen LogP) is 1.17. The molecular weight excluding hydrogens is 338 g/mol. The molecule has 1 aromatic heterocycles. The third kappa shape index (κ3) is 4.50. The molecule has 2 atom stereocenters. The fourth-order valence-corrected chi connectivity index (χ4v) is 3.91. The molecule has 0 aromatic carbocycles. The lowest BCUT2D eigenvalue weighted by molar-refractivity contribution is -0.137. The van der Waals surface area contributed by atoms with Crippen molar-refractivity contribution in [2.75, 3.05) is 44.3 Å². The van der Waals surface area contributed by atoms with E-state index >= 15 is 0 Å². The molecule has 2 fully saturated rings. The van der Waals surface area contributed by atoms with Crippen molar-refractivity contribution < 1.29 is 24.5 Å². The van der Waals surface area contributed by atoms with Crippen LogP contribution in [0.25, 0.3) is 0 Å². The van der Waals surface area contributed by atoms with Crippen LogP contribution >= 0.6 is 0 Å². The van der Waals surface area contributed by atoms with E-state index < -0.39 is 11.9 Å². The van der Waals surface area contributed by atoms with E-state index in [0.29, 0.717) is 12.5 Å². The van der Waals surface area contributed by atoms with E-state index in [-0.39, 0.29) is 17.9 Å². The lowest BCUT2D eigenvalue weighted by Gasteiger charge is -2.45. The Hall–Kier alpha value is -2.19. The molecule has 2 aliphatic heterocycles.